The zero-order chi connectivity index (χ0) is 15.4. The summed E-state index contributed by atoms with van der Waals surface area (Å²) in [5.41, 5.74) is 1.09. The molecule has 1 aromatic heterocycles. The number of fused-ring (bicyclic) bond motifs is 1. The molecule has 2 aliphatic heterocycles. The van der Waals surface area contributed by atoms with E-state index in [0.717, 1.165) is 36.8 Å². The van der Waals surface area contributed by atoms with Gasteiger partial charge in [0.25, 0.3) is 0 Å². The standard InChI is InChI=1S/C8H13NO.C7H12N2.C2H6/c1-6-2-9(3-7(1)6)8-4-10-5-8;1-6(2)9-5-4-7(3)8-9;1-2/h6-8H,1-5H2;4-6H,1-3H3;1-2H3. The van der Waals surface area contributed by atoms with Crippen molar-refractivity contribution in [2.45, 2.75) is 53.1 Å². The third kappa shape index (κ3) is 4.30. The molecule has 2 atom stereocenters. The number of likely N-dealkylation sites (tertiary alicyclic amines) is 1. The number of piperidine rings is 1. The van der Waals surface area contributed by atoms with Crippen molar-refractivity contribution in [3.63, 3.8) is 0 Å². The molecular weight excluding hydrogens is 262 g/mol. The van der Waals surface area contributed by atoms with E-state index >= 15 is 0 Å². The van der Waals surface area contributed by atoms with E-state index in [4.69, 9.17) is 4.74 Å². The largest absolute Gasteiger partial charge is 0.378 e. The van der Waals surface area contributed by atoms with E-state index in [0.29, 0.717) is 6.04 Å². The second-order valence-corrected chi connectivity index (χ2v) is 6.43. The van der Waals surface area contributed by atoms with Crippen molar-refractivity contribution < 1.29 is 4.74 Å². The summed E-state index contributed by atoms with van der Waals surface area (Å²) in [6, 6.07) is 3.30. The van der Waals surface area contributed by atoms with Crippen LogP contribution >= 0.6 is 0 Å². The van der Waals surface area contributed by atoms with E-state index in [2.05, 4.69) is 23.8 Å². The van der Waals surface area contributed by atoms with Gasteiger partial charge in [-0.2, -0.15) is 5.10 Å². The van der Waals surface area contributed by atoms with Gasteiger partial charge in [0.15, 0.2) is 0 Å². The molecule has 120 valence electrons. The van der Waals surface area contributed by atoms with Crippen LogP contribution in [0.3, 0.4) is 0 Å². The van der Waals surface area contributed by atoms with Crippen LogP contribution in [0.15, 0.2) is 12.3 Å². The van der Waals surface area contributed by atoms with E-state index in [9.17, 15) is 0 Å². The Bertz CT molecular complexity index is 415. The number of ether oxygens (including phenoxy) is 1. The van der Waals surface area contributed by atoms with Crippen molar-refractivity contribution in [1.82, 2.24) is 14.7 Å². The molecule has 0 spiro atoms. The van der Waals surface area contributed by atoms with E-state index in [1.54, 1.807) is 0 Å². The Morgan fingerprint density at radius 3 is 2.14 bits per heavy atom. The highest BCUT2D eigenvalue weighted by molar-refractivity contribution is 4.99. The van der Waals surface area contributed by atoms with Gasteiger partial charge in [-0.15, -0.1) is 0 Å². The Hall–Kier alpha value is -0.870. The average Bonchev–Trinajstić information content (AvgIpc) is 2.84. The van der Waals surface area contributed by atoms with Gasteiger partial charge >= 0.3 is 0 Å². The summed E-state index contributed by atoms with van der Waals surface area (Å²) in [6.45, 7) is 15.0. The smallest absolute Gasteiger partial charge is 0.0645 e. The molecule has 3 aliphatic rings. The van der Waals surface area contributed by atoms with Crippen LogP contribution < -0.4 is 0 Å². The third-order valence-electron chi connectivity index (χ3n) is 4.41. The lowest BCUT2D eigenvalue weighted by molar-refractivity contribution is -0.0605. The molecule has 1 aromatic rings. The van der Waals surface area contributed by atoms with Gasteiger partial charge in [-0.1, -0.05) is 13.8 Å². The fourth-order valence-corrected chi connectivity index (χ4v) is 2.89. The van der Waals surface area contributed by atoms with E-state index < -0.39 is 0 Å². The molecule has 0 radical (unpaired) electrons. The Balaban J connectivity index is 0.000000139. The van der Waals surface area contributed by atoms with Gasteiger partial charge in [0, 0.05) is 25.3 Å². The van der Waals surface area contributed by atoms with Gasteiger partial charge in [-0.05, 0) is 45.1 Å². The minimum Gasteiger partial charge on any atom is -0.378 e. The lowest BCUT2D eigenvalue weighted by Gasteiger charge is -2.35. The van der Waals surface area contributed by atoms with Crippen molar-refractivity contribution in [2.75, 3.05) is 26.3 Å². The molecule has 1 aliphatic carbocycles. The molecule has 4 rings (SSSR count). The molecule has 21 heavy (non-hydrogen) atoms. The van der Waals surface area contributed by atoms with Crippen molar-refractivity contribution in [1.29, 1.82) is 0 Å². The maximum atomic E-state index is 5.16. The van der Waals surface area contributed by atoms with Gasteiger partial charge in [0.1, 0.15) is 0 Å². The topological polar surface area (TPSA) is 30.3 Å². The average molecular weight is 293 g/mol. The lowest BCUT2D eigenvalue weighted by atomic mass is 10.2. The maximum absolute atomic E-state index is 5.16. The van der Waals surface area contributed by atoms with Gasteiger partial charge in [-0.3, -0.25) is 9.58 Å². The maximum Gasteiger partial charge on any atom is 0.0645 e. The number of aryl methyl sites for hydroxylation is 1. The first-order valence-corrected chi connectivity index (χ1v) is 8.47. The first-order chi connectivity index (χ1) is 10.1. The highest BCUT2D eigenvalue weighted by Crippen LogP contribution is 2.45. The summed E-state index contributed by atoms with van der Waals surface area (Å²) in [4.78, 5) is 2.61. The molecule has 4 nitrogen and oxygen atoms in total. The van der Waals surface area contributed by atoms with Crippen LogP contribution in [0.1, 0.15) is 45.9 Å². The molecule has 0 amide bonds. The molecule has 2 unspecified atom stereocenters. The zero-order valence-electron chi connectivity index (χ0n) is 14.2. The molecule has 2 saturated heterocycles. The fraction of sp³-hybridized carbons (Fsp3) is 0.824. The van der Waals surface area contributed by atoms with Gasteiger partial charge < -0.3 is 4.74 Å². The zero-order valence-corrected chi connectivity index (χ0v) is 14.2. The summed E-state index contributed by atoms with van der Waals surface area (Å²) < 4.78 is 7.11. The van der Waals surface area contributed by atoms with E-state index in [-0.39, 0.29) is 0 Å². The number of hydrogen-bond donors (Lipinski definition) is 0. The summed E-state index contributed by atoms with van der Waals surface area (Å²) in [7, 11) is 0. The second-order valence-electron chi connectivity index (χ2n) is 6.43. The van der Waals surface area contributed by atoms with E-state index in [1.165, 1.54) is 19.5 Å². The number of nitrogens with zero attached hydrogens (tertiary/aromatic N) is 3. The van der Waals surface area contributed by atoms with Crippen LogP contribution in [0.2, 0.25) is 0 Å². The first kappa shape index (κ1) is 16.5. The molecular formula is C17H31N3O. The van der Waals surface area contributed by atoms with Crippen molar-refractivity contribution in [2.24, 2.45) is 11.8 Å². The monoisotopic (exact) mass is 293 g/mol. The summed E-state index contributed by atoms with van der Waals surface area (Å²) in [6.07, 6.45) is 3.52. The minimum atomic E-state index is 0.485. The van der Waals surface area contributed by atoms with Crippen LogP contribution in [0.25, 0.3) is 0 Å². The molecule has 1 saturated carbocycles. The predicted octanol–water partition coefficient (Wildman–Crippen LogP) is 3.14. The Kier molecular flexibility index (Phi) is 5.82. The Labute approximate surface area is 129 Å². The van der Waals surface area contributed by atoms with Crippen LogP contribution in [0.4, 0.5) is 0 Å². The second kappa shape index (κ2) is 7.41. The third-order valence-corrected chi connectivity index (χ3v) is 4.41. The fourth-order valence-electron chi connectivity index (χ4n) is 2.89. The van der Waals surface area contributed by atoms with Crippen molar-refractivity contribution in [3.8, 4) is 0 Å². The quantitative estimate of drug-likeness (QED) is 0.839. The van der Waals surface area contributed by atoms with Crippen LogP contribution in [-0.2, 0) is 4.74 Å². The van der Waals surface area contributed by atoms with Crippen LogP contribution in [0.5, 0.6) is 0 Å². The molecule has 0 bridgehead atoms. The summed E-state index contributed by atoms with van der Waals surface area (Å²) >= 11 is 0. The Morgan fingerprint density at radius 1 is 1.19 bits per heavy atom. The first-order valence-electron chi connectivity index (χ1n) is 8.47. The molecule has 0 aromatic carbocycles. The highest BCUT2D eigenvalue weighted by atomic mass is 16.5. The normalized spacial score (nSPS) is 27.1. The SMILES string of the molecule is C1C2CN(C3COC3)CC12.CC.Cc1ccn(C(C)C)n1. The molecule has 3 heterocycles. The molecule has 4 heteroatoms. The van der Waals surface area contributed by atoms with Crippen molar-refractivity contribution in [3.05, 3.63) is 18.0 Å². The minimum absolute atomic E-state index is 0.485. The predicted molar refractivity (Wildman–Crippen MR) is 86.5 cm³/mol. The lowest BCUT2D eigenvalue weighted by Crippen LogP contribution is -2.48. The van der Waals surface area contributed by atoms with Crippen molar-refractivity contribution >= 4 is 0 Å². The highest BCUT2D eigenvalue weighted by Gasteiger charge is 2.47. The summed E-state index contributed by atoms with van der Waals surface area (Å²) in [5, 5.41) is 4.23. The summed E-state index contributed by atoms with van der Waals surface area (Å²) in [5.74, 6) is 2.17. The van der Waals surface area contributed by atoms with Gasteiger partial charge in [0.2, 0.25) is 0 Å². The molecule has 3 fully saturated rings. The molecule has 0 N–H and O–H groups in total. The van der Waals surface area contributed by atoms with Gasteiger partial charge in [0.05, 0.1) is 24.9 Å². The number of aromatic nitrogens is 2. The number of rotatable bonds is 2. The van der Waals surface area contributed by atoms with Gasteiger partial charge in [-0.25, -0.2) is 0 Å². The van der Waals surface area contributed by atoms with Crippen LogP contribution in [-0.4, -0.2) is 47.0 Å². The van der Waals surface area contributed by atoms with Crippen LogP contribution in [0, 0.1) is 18.8 Å². The number of hydrogen-bond acceptors (Lipinski definition) is 3. The Morgan fingerprint density at radius 2 is 1.81 bits per heavy atom. The van der Waals surface area contributed by atoms with E-state index in [1.807, 2.05) is 37.7 Å².